The number of carboxylic acid groups (broad SMARTS) is 1. The Morgan fingerprint density at radius 3 is 2.60 bits per heavy atom. The predicted octanol–water partition coefficient (Wildman–Crippen LogP) is 3.19. The summed E-state index contributed by atoms with van der Waals surface area (Å²) in [4.78, 5) is 39.4. The Bertz CT molecular complexity index is 751. The van der Waals surface area contributed by atoms with Gasteiger partial charge in [0.1, 0.15) is 11.8 Å². The molecule has 5 atom stereocenters. The Labute approximate surface area is 179 Å². The zero-order chi connectivity index (χ0) is 21.7. The standard InChI is InChI=1S/C24H34N2O4/c1-3-8-22(27)19(14-13-17-9-5-4-6-10-17)25-16(2)23(28)26-20-12-7-11-18(20)15-21(26)24(29)30/h4-6,9-10,16,18-21,25H,3,7-8,11-15H2,1-2H3,(H,29,30)/t16?,18-,19?,20-,21-/m0/s1. The molecule has 1 saturated carbocycles. The smallest absolute Gasteiger partial charge is 0.326 e. The molecule has 0 bridgehead atoms. The van der Waals surface area contributed by atoms with Crippen molar-refractivity contribution in [2.45, 2.75) is 89.4 Å². The molecule has 1 aliphatic carbocycles. The van der Waals surface area contributed by atoms with Crippen molar-refractivity contribution in [1.29, 1.82) is 0 Å². The molecule has 164 valence electrons. The van der Waals surface area contributed by atoms with Crippen LogP contribution in [0.2, 0.25) is 0 Å². The van der Waals surface area contributed by atoms with Crippen LogP contribution in [0.1, 0.15) is 64.4 Å². The summed E-state index contributed by atoms with van der Waals surface area (Å²) in [5.41, 5.74) is 1.16. The quantitative estimate of drug-likeness (QED) is 0.614. The van der Waals surface area contributed by atoms with Gasteiger partial charge in [0.15, 0.2) is 0 Å². The number of hydrogen-bond donors (Lipinski definition) is 2. The molecule has 0 aromatic heterocycles. The summed E-state index contributed by atoms with van der Waals surface area (Å²) in [6.45, 7) is 3.74. The number of Topliss-reactive ketones (excluding diaryl/α,β-unsaturated/α-hetero) is 1. The van der Waals surface area contributed by atoms with Crippen molar-refractivity contribution in [3.63, 3.8) is 0 Å². The van der Waals surface area contributed by atoms with Crippen LogP contribution in [0.15, 0.2) is 30.3 Å². The van der Waals surface area contributed by atoms with Crippen molar-refractivity contribution in [3.05, 3.63) is 35.9 Å². The lowest BCUT2D eigenvalue weighted by atomic mass is 9.99. The topological polar surface area (TPSA) is 86.7 Å². The number of nitrogens with zero attached hydrogens (tertiary/aromatic N) is 1. The number of hydrogen-bond acceptors (Lipinski definition) is 4. The Morgan fingerprint density at radius 2 is 1.93 bits per heavy atom. The summed E-state index contributed by atoms with van der Waals surface area (Å²) >= 11 is 0. The number of rotatable bonds is 10. The second-order valence-corrected chi connectivity index (χ2v) is 8.78. The zero-order valence-corrected chi connectivity index (χ0v) is 18.0. The fraction of sp³-hybridized carbons (Fsp3) is 0.625. The van der Waals surface area contributed by atoms with Crippen LogP contribution in [-0.4, -0.2) is 51.8 Å². The van der Waals surface area contributed by atoms with Crippen LogP contribution in [0.4, 0.5) is 0 Å². The van der Waals surface area contributed by atoms with E-state index in [-0.39, 0.29) is 23.7 Å². The summed E-state index contributed by atoms with van der Waals surface area (Å²) in [6.07, 6.45) is 6.07. The van der Waals surface area contributed by atoms with Crippen molar-refractivity contribution in [2.75, 3.05) is 0 Å². The maximum absolute atomic E-state index is 13.3. The minimum atomic E-state index is -0.923. The van der Waals surface area contributed by atoms with Gasteiger partial charge in [-0.3, -0.25) is 14.9 Å². The fourth-order valence-electron chi connectivity index (χ4n) is 5.14. The summed E-state index contributed by atoms with van der Waals surface area (Å²) < 4.78 is 0. The summed E-state index contributed by atoms with van der Waals surface area (Å²) in [7, 11) is 0. The normalized spacial score (nSPS) is 25.0. The Morgan fingerprint density at radius 1 is 1.20 bits per heavy atom. The number of aliphatic carboxylic acids is 1. The summed E-state index contributed by atoms with van der Waals surface area (Å²) in [5, 5.41) is 12.9. The molecular formula is C24H34N2O4. The third-order valence-electron chi connectivity index (χ3n) is 6.65. The van der Waals surface area contributed by atoms with E-state index in [1.807, 2.05) is 37.3 Å². The number of carbonyl (C=O) groups is 3. The number of carboxylic acids is 1. The number of ketones is 1. The number of amides is 1. The fourth-order valence-corrected chi connectivity index (χ4v) is 5.14. The van der Waals surface area contributed by atoms with E-state index in [1.54, 1.807) is 11.8 Å². The lowest BCUT2D eigenvalue weighted by molar-refractivity contribution is -0.150. The second kappa shape index (κ2) is 10.2. The molecule has 6 heteroatoms. The first kappa shape index (κ1) is 22.5. The van der Waals surface area contributed by atoms with E-state index in [0.29, 0.717) is 19.3 Å². The van der Waals surface area contributed by atoms with Crippen LogP contribution in [-0.2, 0) is 20.8 Å². The maximum Gasteiger partial charge on any atom is 0.326 e. The number of aryl methyl sites for hydroxylation is 1. The van der Waals surface area contributed by atoms with Crippen LogP contribution in [0, 0.1) is 5.92 Å². The van der Waals surface area contributed by atoms with Crippen LogP contribution < -0.4 is 5.32 Å². The predicted molar refractivity (Wildman–Crippen MR) is 115 cm³/mol. The van der Waals surface area contributed by atoms with E-state index in [1.165, 1.54) is 0 Å². The number of nitrogens with one attached hydrogen (secondary N) is 1. The molecule has 3 rings (SSSR count). The van der Waals surface area contributed by atoms with Crippen LogP contribution >= 0.6 is 0 Å². The molecule has 0 radical (unpaired) electrons. The van der Waals surface area contributed by atoms with Gasteiger partial charge in [0.05, 0.1) is 12.1 Å². The molecule has 1 aromatic carbocycles. The molecule has 2 aliphatic rings. The number of fused-ring (bicyclic) bond motifs is 1. The molecule has 1 aliphatic heterocycles. The number of likely N-dealkylation sites (tertiary alicyclic amines) is 1. The van der Waals surface area contributed by atoms with E-state index < -0.39 is 24.1 Å². The lowest BCUT2D eigenvalue weighted by Gasteiger charge is -2.32. The Hall–Kier alpha value is -2.21. The minimum Gasteiger partial charge on any atom is -0.480 e. The molecule has 2 unspecified atom stereocenters. The highest BCUT2D eigenvalue weighted by molar-refractivity contribution is 5.89. The third kappa shape index (κ3) is 5.09. The monoisotopic (exact) mass is 414 g/mol. The molecule has 0 spiro atoms. The SMILES string of the molecule is CCCC(=O)C(CCc1ccccc1)NC(C)C(=O)N1[C@H](C(=O)O)C[C@@H]2CCC[C@@H]21. The van der Waals surface area contributed by atoms with Gasteiger partial charge in [-0.2, -0.15) is 0 Å². The number of carbonyl (C=O) groups excluding carboxylic acids is 2. The van der Waals surface area contributed by atoms with Crippen LogP contribution in [0.25, 0.3) is 0 Å². The van der Waals surface area contributed by atoms with Crippen molar-refractivity contribution >= 4 is 17.7 Å². The Balaban J connectivity index is 1.68. The van der Waals surface area contributed by atoms with Gasteiger partial charge in [-0.05, 0) is 56.9 Å². The first-order chi connectivity index (χ1) is 14.4. The average molecular weight is 415 g/mol. The van der Waals surface area contributed by atoms with Gasteiger partial charge in [-0.25, -0.2) is 4.79 Å². The highest BCUT2D eigenvalue weighted by Crippen LogP contribution is 2.41. The van der Waals surface area contributed by atoms with Crippen molar-refractivity contribution in [3.8, 4) is 0 Å². The molecule has 6 nitrogen and oxygen atoms in total. The van der Waals surface area contributed by atoms with Gasteiger partial charge in [-0.1, -0.05) is 43.7 Å². The first-order valence-corrected chi connectivity index (χ1v) is 11.3. The highest BCUT2D eigenvalue weighted by Gasteiger charge is 2.49. The number of benzene rings is 1. The van der Waals surface area contributed by atoms with Gasteiger partial charge >= 0.3 is 5.97 Å². The van der Waals surface area contributed by atoms with Crippen LogP contribution in [0.3, 0.4) is 0 Å². The molecule has 2 fully saturated rings. The van der Waals surface area contributed by atoms with Crippen LogP contribution in [0.5, 0.6) is 0 Å². The lowest BCUT2D eigenvalue weighted by Crippen LogP contribution is -2.55. The molecule has 2 N–H and O–H groups in total. The molecule has 1 amide bonds. The molecule has 1 saturated heterocycles. The molecule has 30 heavy (non-hydrogen) atoms. The van der Waals surface area contributed by atoms with Crippen molar-refractivity contribution in [1.82, 2.24) is 10.2 Å². The first-order valence-electron chi connectivity index (χ1n) is 11.3. The molecule has 1 aromatic rings. The van der Waals surface area contributed by atoms with E-state index >= 15 is 0 Å². The van der Waals surface area contributed by atoms with Gasteiger partial charge in [0, 0.05) is 12.5 Å². The van der Waals surface area contributed by atoms with Gasteiger partial charge in [-0.15, -0.1) is 0 Å². The largest absolute Gasteiger partial charge is 0.480 e. The zero-order valence-electron chi connectivity index (χ0n) is 18.0. The van der Waals surface area contributed by atoms with E-state index in [9.17, 15) is 19.5 Å². The molecule has 1 heterocycles. The summed E-state index contributed by atoms with van der Waals surface area (Å²) in [6, 6.07) is 8.29. The van der Waals surface area contributed by atoms with Gasteiger partial charge in [0.25, 0.3) is 0 Å². The Kier molecular flexibility index (Phi) is 7.64. The van der Waals surface area contributed by atoms with Crippen molar-refractivity contribution < 1.29 is 19.5 Å². The minimum absolute atomic E-state index is 0.0250. The van der Waals surface area contributed by atoms with E-state index in [2.05, 4.69) is 5.32 Å². The summed E-state index contributed by atoms with van der Waals surface area (Å²) in [5.74, 6) is -0.709. The second-order valence-electron chi connectivity index (χ2n) is 8.78. The van der Waals surface area contributed by atoms with Crippen molar-refractivity contribution in [2.24, 2.45) is 5.92 Å². The highest BCUT2D eigenvalue weighted by atomic mass is 16.4. The van der Waals surface area contributed by atoms with Gasteiger partial charge in [0.2, 0.25) is 5.91 Å². The average Bonchev–Trinajstić information content (AvgIpc) is 3.32. The maximum atomic E-state index is 13.3. The van der Waals surface area contributed by atoms with Gasteiger partial charge < -0.3 is 10.0 Å². The molecular weight excluding hydrogens is 380 g/mol. The third-order valence-corrected chi connectivity index (χ3v) is 6.65. The van der Waals surface area contributed by atoms with E-state index in [4.69, 9.17) is 0 Å². The van der Waals surface area contributed by atoms with E-state index in [0.717, 1.165) is 37.7 Å².